The fourth-order valence-corrected chi connectivity index (χ4v) is 4.65. The summed E-state index contributed by atoms with van der Waals surface area (Å²) >= 11 is 4.68. The van der Waals surface area contributed by atoms with Gasteiger partial charge in [0, 0.05) is 10.3 Å². The molecule has 0 amide bonds. The van der Waals surface area contributed by atoms with Gasteiger partial charge in [-0.15, -0.1) is 21.5 Å². The second kappa shape index (κ2) is 6.26. The summed E-state index contributed by atoms with van der Waals surface area (Å²) < 4.78 is 6.12. The topological polar surface area (TPSA) is 76.7 Å². The lowest BCUT2D eigenvalue weighted by Crippen LogP contribution is -1.96. The number of aryl methyl sites for hydroxylation is 1. The molecule has 4 rings (SSSR count). The van der Waals surface area contributed by atoms with Gasteiger partial charge < -0.3 is 9.73 Å². The molecule has 0 aliphatic heterocycles. The molecule has 0 spiro atoms. The highest BCUT2D eigenvalue weighted by molar-refractivity contribution is 8.01. The number of nitrogens with one attached hydrogen (secondary N) is 1. The van der Waals surface area contributed by atoms with Crippen molar-refractivity contribution in [2.24, 2.45) is 0 Å². The van der Waals surface area contributed by atoms with Gasteiger partial charge >= 0.3 is 0 Å². The summed E-state index contributed by atoms with van der Waals surface area (Å²) in [6.07, 6.45) is 3.25. The van der Waals surface area contributed by atoms with Gasteiger partial charge in [0.15, 0.2) is 4.34 Å². The molecule has 1 N–H and O–H groups in total. The number of aromatic nitrogens is 4. The molecule has 0 aliphatic rings. The van der Waals surface area contributed by atoms with Crippen LogP contribution in [0.15, 0.2) is 44.6 Å². The molecule has 0 saturated heterocycles. The number of thiophene rings is 1. The molecule has 116 valence electrons. The minimum absolute atomic E-state index is 0.591. The van der Waals surface area contributed by atoms with Gasteiger partial charge in [0.05, 0.1) is 12.8 Å². The molecule has 23 heavy (non-hydrogen) atoms. The third kappa shape index (κ3) is 3.21. The van der Waals surface area contributed by atoms with Gasteiger partial charge in [-0.3, -0.25) is 0 Å². The zero-order valence-electron chi connectivity index (χ0n) is 12.0. The molecule has 0 atom stereocenters. The molecule has 0 bridgehead atoms. The lowest BCUT2D eigenvalue weighted by Gasteiger charge is -1.98. The summed E-state index contributed by atoms with van der Waals surface area (Å²) in [6.45, 7) is 2.66. The summed E-state index contributed by atoms with van der Waals surface area (Å²) in [7, 11) is 0. The van der Waals surface area contributed by atoms with Crippen molar-refractivity contribution in [1.82, 2.24) is 20.2 Å². The van der Waals surface area contributed by atoms with E-state index in [2.05, 4.69) is 38.5 Å². The highest BCUT2D eigenvalue weighted by atomic mass is 32.2. The largest absolute Gasteiger partial charge is 0.467 e. The van der Waals surface area contributed by atoms with Crippen LogP contribution in [0, 0.1) is 6.92 Å². The van der Waals surface area contributed by atoms with Crippen molar-refractivity contribution < 1.29 is 4.42 Å². The quantitative estimate of drug-likeness (QED) is 0.534. The van der Waals surface area contributed by atoms with Crippen LogP contribution in [0.2, 0.25) is 0 Å². The van der Waals surface area contributed by atoms with Gasteiger partial charge in [-0.25, -0.2) is 9.97 Å². The van der Waals surface area contributed by atoms with E-state index in [1.807, 2.05) is 12.1 Å². The second-order valence-electron chi connectivity index (χ2n) is 4.66. The molecule has 0 aliphatic carbocycles. The molecule has 0 fully saturated rings. The molecule has 0 aromatic carbocycles. The van der Waals surface area contributed by atoms with Crippen LogP contribution >= 0.6 is 34.4 Å². The van der Waals surface area contributed by atoms with Crippen LogP contribution in [0.4, 0.5) is 5.13 Å². The monoisotopic (exact) mass is 361 g/mol. The lowest BCUT2D eigenvalue weighted by atomic mass is 10.4. The van der Waals surface area contributed by atoms with Crippen LogP contribution in [0.25, 0.3) is 10.2 Å². The number of anilines is 1. The van der Waals surface area contributed by atoms with Gasteiger partial charge in [0.2, 0.25) is 5.13 Å². The first-order valence-electron chi connectivity index (χ1n) is 6.77. The van der Waals surface area contributed by atoms with Crippen LogP contribution in [0.5, 0.6) is 0 Å². The fraction of sp³-hybridized carbons (Fsp3) is 0.143. The van der Waals surface area contributed by atoms with Crippen molar-refractivity contribution in [1.29, 1.82) is 0 Å². The van der Waals surface area contributed by atoms with E-state index >= 15 is 0 Å². The number of hydrogen-bond acceptors (Lipinski definition) is 9. The Balaban J connectivity index is 1.50. The summed E-state index contributed by atoms with van der Waals surface area (Å²) in [5.74, 6) is 0.862. The predicted molar refractivity (Wildman–Crippen MR) is 92.2 cm³/mol. The van der Waals surface area contributed by atoms with Gasteiger partial charge in [-0.2, -0.15) is 0 Å². The van der Waals surface area contributed by atoms with Gasteiger partial charge in [-0.05, 0) is 36.9 Å². The Bertz CT molecular complexity index is 931. The minimum atomic E-state index is 0.591. The molecule has 0 radical (unpaired) electrons. The number of rotatable bonds is 5. The normalized spacial score (nSPS) is 11.2. The number of furan rings is 1. The van der Waals surface area contributed by atoms with Crippen molar-refractivity contribution in [3.8, 4) is 0 Å². The number of nitrogens with zero attached hydrogens (tertiary/aromatic N) is 4. The Morgan fingerprint density at radius 3 is 3.09 bits per heavy atom. The fourth-order valence-electron chi connectivity index (χ4n) is 2.02. The van der Waals surface area contributed by atoms with E-state index in [1.165, 1.54) is 28.0 Å². The Labute approximate surface area is 144 Å². The van der Waals surface area contributed by atoms with Crippen LogP contribution in [-0.4, -0.2) is 20.2 Å². The maximum Gasteiger partial charge on any atom is 0.206 e. The molecular formula is C14H11N5OS3. The summed E-state index contributed by atoms with van der Waals surface area (Å²) in [6, 6.07) is 5.89. The van der Waals surface area contributed by atoms with E-state index in [-0.39, 0.29) is 0 Å². The average Bonchev–Trinajstić information content (AvgIpc) is 3.25. The highest BCUT2D eigenvalue weighted by Gasteiger charge is 2.12. The highest BCUT2D eigenvalue weighted by Crippen LogP contribution is 2.36. The van der Waals surface area contributed by atoms with Crippen molar-refractivity contribution in [3.63, 3.8) is 0 Å². The molecule has 4 aromatic heterocycles. The third-order valence-electron chi connectivity index (χ3n) is 3.00. The van der Waals surface area contributed by atoms with E-state index in [4.69, 9.17) is 4.42 Å². The van der Waals surface area contributed by atoms with Crippen molar-refractivity contribution in [2.75, 3.05) is 5.32 Å². The average molecular weight is 361 g/mol. The molecule has 4 aromatic rings. The van der Waals surface area contributed by atoms with Gasteiger partial charge in [-0.1, -0.05) is 11.3 Å². The molecule has 4 heterocycles. The first-order chi connectivity index (χ1) is 11.3. The zero-order chi connectivity index (χ0) is 15.6. The first kappa shape index (κ1) is 14.6. The Kier molecular flexibility index (Phi) is 3.98. The standard InChI is InChI=1S/C14H11N5OS3/c1-8-5-10-11(21-8)16-7-17-12(10)22-14-19-18-13(23-14)15-6-9-3-2-4-20-9/h2-5,7H,6H2,1H3,(H,15,18). The zero-order valence-corrected chi connectivity index (χ0v) is 14.5. The van der Waals surface area contributed by atoms with Crippen LogP contribution in [0.3, 0.4) is 0 Å². The maximum atomic E-state index is 5.28. The van der Waals surface area contributed by atoms with Gasteiger partial charge in [0.1, 0.15) is 21.9 Å². The van der Waals surface area contributed by atoms with Crippen LogP contribution in [-0.2, 0) is 6.54 Å². The molecule has 0 unspecified atom stereocenters. The minimum Gasteiger partial charge on any atom is -0.467 e. The molecule has 6 nitrogen and oxygen atoms in total. The third-order valence-corrected chi connectivity index (χ3v) is 5.91. The molecular weight excluding hydrogens is 350 g/mol. The Morgan fingerprint density at radius 2 is 2.22 bits per heavy atom. The first-order valence-corrected chi connectivity index (χ1v) is 9.21. The van der Waals surface area contributed by atoms with Crippen molar-refractivity contribution >= 4 is 49.8 Å². The molecule has 0 saturated carbocycles. The number of fused-ring (bicyclic) bond motifs is 1. The Morgan fingerprint density at radius 1 is 1.26 bits per heavy atom. The maximum absolute atomic E-state index is 5.28. The van der Waals surface area contributed by atoms with E-state index in [1.54, 1.807) is 23.9 Å². The summed E-state index contributed by atoms with van der Waals surface area (Å²) in [4.78, 5) is 10.9. The smallest absolute Gasteiger partial charge is 0.206 e. The van der Waals surface area contributed by atoms with Gasteiger partial charge in [0.25, 0.3) is 0 Å². The van der Waals surface area contributed by atoms with Crippen molar-refractivity contribution in [3.05, 3.63) is 41.4 Å². The van der Waals surface area contributed by atoms with E-state index in [9.17, 15) is 0 Å². The molecule has 9 heteroatoms. The summed E-state index contributed by atoms with van der Waals surface area (Å²) in [5.41, 5.74) is 0. The second-order valence-corrected chi connectivity index (χ2v) is 8.11. The Hall–Kier alpha value is -1.97. The summed E-state index contributed by atoms with van der Waals surface area (Å²) in [5, 5.41) is 14.3. The van der Waals surface area contributed by atoms with E-state index < -0.39 is 0 Å². The number of hydrogen-bond donors (Lipinski definition) is 1. The van der Waals surface area contributed by atoms with E-state index in [0.29, 0.717) is 6.54 Å². The lowest BCUT2D eigenvalue weighted by molar-refractivity contribution is 0.518. The SMILES string of the molecule is Cc1cc2c(Sc3nnc(NCc4ccco4)s3)ncnc2s1. The predicted octanol–water partition coefficient (Wildman–Crippen LogP) is 4.21. The van der Waals surface area contributed by atoms with Crippen molar-refractivity contribution in [2.45, 2.75) is 22.8 Å². The van der Waals surface area contributed by atoms with E-state index in [0.717, 1.165) is 30.5 Å². The van der Waals surface area contributed by atoms with Crippen LogP contribution in [0.1, 0.15) is 10.6 Å². The van der Waals surface area contributed by atoms with Crippen LogP contribution < -0.4 is 5.32 Å².